The number of benzene rings is 1. The van der Waals surface area contributed by atoms with Crippen molar-refractivity contribution in [1.29, 1.82) is 0 Å². The van der Waals surface area contributed by atoms with Crippen LogP contribution in [0.4, 0.5) is 4.79 Å². The normalized spacial score (nSPS) is 11.3. The van der Waals surface area contributed by atoms with Gasteiger partial charge in [0, 0.05) is 12.5 Å². The Labute approximate surface area is 140 Å². The summed E-state index contributed by atoms with van der Waals surface area (Å²) in [5, 5.41) is 0. The third kappa shape index (κ3) is 7.30. The van der Waals surface area contributed by atoms with Crippen LogP contribution in [0.3, 0.4) is 0 Å². The molecule has 8 heteroatoms. The van der Waals surface area contributed by atoms with Gasteiger partial charge in [-0.15, -0.1) is 0 Å². The molecule has 24 heavy (non-hydrogen) atoms. The van der Waals surface area contributed by atoms with Crippen LogP contribution in [0.5, 0.6) is 0 Å². The fourth-order valence-corrected chi connectivity index (χ4v) is 1.27. The van der Waals surface area contributed by atoms with E-state index < -0.39 is 12.0 Å². The van der Waals surface area contributed by atoms with Gasteiger partial charge in [-0.1, -0.05) is 43.7 Å². The first kappa shape index (κ1) is 21.0. The minimum atomic E-state index is -1.12. The van der Waals surface area contributed by atoms with Crippen molar-refractivity contribution in [2.75, 3.05) is 7.11 Å². The van der Waals surface area contributed by atoms with Crippen molar-refractivity contribution in [3.8, 4) is 0 Å². The number of carbonyl (C=O) groups is 2. The van der Waals surface area contributed by atoms with Crippen molar-refractivity contribution in [3.05, 3.63) is 47.1 Å². The number of nitrogens with two attached hydrogens (primary N) is 1. The molecule has 0 unspecified atom stereocenters. The highest BCUT2D eigenvalue weighted by Gasteiger charge is 2.12. The molecule has 0 saturated carbocycles. The maximum Gasteiger partial charge on any atom is 0.477 e. The summed E-state index contributed by atoms with van der Waals surface area (Å²) in [5.41, 5.74) is 7.26. The van der Waals surface area contributed by atoms with E-state index in [0.29, 0.717) is 5.56 Å². The van der Waals surface area contributed by atoms with E-state index in [0.717, 1.165) is 5.56 Å². The lowest BCUT2D eigenvalue weighted by Crippen LogP contribution is -2.16. The van der Waals surface area contributed by atoms with Crippen LogP contribution in [-0.2, 0) is 24.0 Å². The van der Waals surface area contributed by atoms with E-state index in [1.165, 1.54) is 14.0 Å². The maximum absolute atomic E-state index is 11.5. The van der Waals surface area contributed by atoms with E-state index in [1.54, 1.807) is 12.1 Å². The van der Waals surface area contributed by atoms with Crippen molar-refractivity contribution in [1.82, 2.24) is 0 Å². The van der Waals surface area contributed by atoms with Gasteiger partial charge in [0.05, 0.1) is 7.11 Å². The topological polar surface area (TPSA) is 109 Å². The zero-order chi connectivity index (χ0) is 18.5. The average molecular weight is 338 g/mol. The van der Waals surface area contributed by atoms with Crippen LogP contribution in [0, 0.1) is 6.92 Å². The molecule has 0 fully saturated rings. The molecule has 1 rings (SSSR count). The van der Waals surface area contributed by atoms with Crippen molar-refractivity contribution >= 4 is 18.4 Å². The molecule has 2 N–H and O–H groups in total. The standard InChI is InChI=1S/C14H16N2O6.C2H6/c1-9-4-6-11(7-5-9)12(15)16-14(18)22-21-13(20-8-17)10(2)19-3;1-2/h4-8H,1-3H3,(H2,15,16,18);1-2H3/b13-10+;. The number of hydrogen-bond acceptors (Lipinski definition) is 6. The molecule has 0 radical (unpaired) electrons. The number of aryl methyl sites for hydroxylation is 1. The zero-order valence-electron chi connectivity index (χ0n) is 14.4. The predicted octanol–water partition coefficient (Wildman–Crippen LogP) is 2.80. The fraction of sp³-hybridized carbons (Fsp3) is 0.312. The molecule has 1 aromatic carbocycles. The van der Waals surface area contributed by atoms with E-state index in [4.69, 9.17) is 10.5 Å². The lowest BCUT2D eigenvalue weighted by molar-refractivity contribution is -0.237. The number of aliphatic imine (C=N–C) groups is 1. The molecule has 0 heterocycles. The van der Waals surface area contributed by atoms with E-state index >= 15 is 0 Å². The summed E-state index contributed by atoms with van der Waals surface area (Å²) in [5.74, 6) is -0.371. The van der Waals surface area contributed by atoms with E-state index in [1.807, 2.05) is 32.9 Å². The highest BCUT2D eigenvalue weighted by Crippen LogP contribution is 2.09. The Kier molecular flexibility index (Phi) is 10.1. The molecule has 8 nitrogen and oxygen atoms in total. The van der Waals surface area contributed by atoms with E-state index in [9.17, 15) is 9.59 Å². The van der Waals surface area contributed by atoms with Crippen molar-refractivity contribution < 1.29 is 28.8 Å². The van der Waals surface area contributed by atoms with Gasteiger partial charge >= 0.3 is 18.5 Å². The summed E-state index contributed by atoms with van der Waals surface area (Å²) < 4.78 is 9.22. The largest absolute Gasteiger partial charge is 0.494 e. The number of allylic oxidation sites excluding steroid dienone is 1. The van der Waals surface area contributed by atoms with Crippen molar-refractivity contribution in [3.63, 3.8) is 0 Å². The van der Waals surface area contributed by atoms with Gasteiger partial charge in [0.15, 0.2) is 5.76 Å². The summed E-state index contributed by atoms with van der Waals surface area (Å²) in [6, 6.07) is 7.05. The number of rotatable bonds is 6. The lowest BCUT2D eigenvalue weighted by atomic mass is 10.1. The number of nitrogens with zero attached hydrogens (tertiary/aromatic N) is 1. The first-order chi connectivity index (χ1) is 11.5. The minimum Gasteiger partial charge on any atom is -0.494 e. The van der Waals surface area contributed by atoms with Gasteiger partial charge in [0.25, 0.3) is 0 Å². The van der Waals surface area contributed by atoms with E-state index in [-0.39, 0.29) is 18.1 Å². The molecule has 1 amide bonds. The molecule has 1 aromatic rings. The number of hydrogen-bond donors (Lipinski definition) is 1. The molecule has 132 valence electrons. The molecule has 0 bridgehead atoms. The van der Waals surface area contributed by atoms with Gasteiger partial charge in [-0.2, -0.15) is 4.99 Å². The summed E-state index contributed by atoms with van der Waals surface area (Å²) in [6.45, 7) is 7.45. The highest BCUT2D eigenvalue weighted by atomic mass is 17.2. The molecular weight excluding hydrogens is 316 g/mol. The van der Waals surface area contributed by atoms with Crippen LogP contribution in [0.15, 0.2) is 41.0 Å². The predicted molar refractivity (Wildman–Crippen MR) is 87.7 cm³/mol. The van der Waals surface area contributed by atoms with Gasteiger partial charge in [0.1, 0.15) is 5.84 Å². The molecular formula is C16H22N2O6. The van der Waals surface area contributed by atoms with Crippen molar-refractivity contribution in [2.24, 2.45) is 10.7 Å². The molecule has 0 aromatic heterocycles. The number of amides is 1. The number of ether oxygens (including phenoxy) is 2. The Morgan fingerprint density at radius 3 is 2.25 bits per heavy atom. The van der Waals surface area contributed by atoms with Gasteiger partial charge < -0.3 is 15.2 Å². The van der Waals surface area contributed by atoms with Crippen LogP contribution >= 0.6 is 0 Å². The Bertz CT molecular complexity index is 593. The number of methoxy groups -OCH3 is 1. The molecule has 0 saturated heterocycles. The Morgan fingerprint density at radius 2 is 1.75 bits per heavy atom. The quantitative estimate of drug-likeness (QED) is 0.212. The summed E-state index contributed by atoms with van der Waals surface area (Å²) in [4.78, 5) is 34.2. The van der Waals surface area contributed by atoms with Gasteiger partial charge in [-0.3, -0.25) is 4.79 Å². The second-order valence-corrected chi connectivity index (χ2v) is 4.06. The van der Waals surface area contributed by atoms with Crippen LogP contribution in [-0.4, -0.2) is 25.5 Å². The first-order valence-electron chi connectivity index (χ1n) is 7.12. The van der Waals surface area contributed by atoms with Gasteiger partial charge in [-0.25, -0.2) is 14.6 Å². The van der Waals surface area contributed by atoms with Crippen LogP contribution in [0.1, 0.15) is 31.9 Å². The third-order valence-electron chi connectivity index (χ3n) is 2.50. The summed E-state index contributed by atoms with van der Waals surface area (Å²) >= 11 is 0. The third-order valence-corrected chi connectivity index (χ3v) is 2.50. The molecule has 0 aliphatic carbocycles. The Balaban J connectivity index is 0.00000254. The maximum atomic E-state index is 11.5. The SMILES string of the molecule is CC.CO/C(C)=C(\OC=O)OOC(=O)/N=C(/N)c1ccc(C)cc1. The van der Waals surface area contributed by atoms with E-state index in [2.05, 4.69) is 19.5 Å². The molecule has 0 aliphatic rings. The van der Waals surface area contributed by atoms with Crippen LogP contribution in [0.2, 0.25) is 0 Å². The average Bonchev–Trinajstić information content (AvgIpc) is 2.60. The smallest absolute Gasteiger partial charge is 0.477 e. The first-order valence-corrected chi connectivity index (χ1v) is 7.12. The highest BCUT2D eigenvalue weighted by molar-refractivity contribution is 6.02. The summed E-state index contributed by atoms with van der Waals surface area (Å²) in [7, 11) is 1.32. The molecule has 0 spiro atoms. The van der Waals surface area contributed by atoms with Crippen LogP contribution < -0.4 is 5.73 Å². The monoisotopic (exact) mass is 338 g/mol. The molecule has 0 atom stereocenters. The van der Waals surface area contributed by atoms with Crippen molar-refractivity contribution in [2.45, 2.75) is 27.7 Å². The van der Waals surface area contributed by atoms with Gasteiger partial charge in [0.2, 0.25) is 0 Å². The lowest BCUT2D eigenvalue weighted by Gasteiger charge is -2.07. The summed E-state index contributed by atoms with van der Waals surface area (Å²) in [6.07, 6.45) is -1.12. The van der Waals surface area contributed by atoms with Gasteiger partial charge in [-0.05, 0) is 6.92 Å². The molecule has 0 aliphatic heterocycles. The minimum absolute atomic E-state index is 0.0427. The Hall–Kier alpha value is -3.03. The second kappa shape index (κ2) is 11.5. The number of carbonyl (C=O) groups excluding carboxylic acids is 2. The fourth-order valence-electron chi connectivity index (χ4n) is 1.27. The zero-order valence-corrected chi connectivity index (χ0v) is 14.4. The Morgan fingerprint density at radius 1 is 1.17 bits per heavy atom. The number of amidine groups is 1. The second-order valence-electron chi connectivity index (χ2n) is 4.06. The van der Waals surface area contributed by atoms with Crippen LogP contribution in [0.25, 0.3) is 0 Å².